The van der Waals surface area contributed by atoms with Crippen molar-refractivity contribution in [2.45, 2.75) is 38.1 Å². The monoisotopic (exact) mass is 354 g/mol. The van der Waals surface area contributed by atoms with Gasteiger partial charge in [0.2, 0.25) is 11.9 Å². The molecule has 0 aliphatic heterocycles. The molecule has 0 spiro atoms. The van der Waals surface area contributed by atoms with Crippen LogP contribution in [-0.2, 0) is 4.79 Å². The van der Waals surface area contributed by atoms with Crippen LogP contribution in [0.1, 0.15) is 43.7 Å². The number of anilines is 1. The molecular formula is C19H19ClN4O. The second-order valence-electron chi connectivity index (χ2n) is 6.49. The second kappa shape index (κ2) is 6.48. The molecule has 1 aliphatic rings. The van der Waals surface area contributed by atoms with Gasteiger partial charge in [-0.1, -0.05) is 41.9 Å². The quantitative estimate of drug-likeness (QED) is 0.699. The summed E-state index contributed by atoms with van der Waals surface area (Å²) in [5.41, 5.74) is 2.46. The number of fused-ring (bicyclic) bond motifs is 1. The van der Waals surface area contributed by atoms with E-state index < -0.39 is 0 Å². The van der Waals surface area contributed by atoms with Crippen LogP contribution in [0.5, 0.6) is 0 Å². The first-order valence-corrected chi connectivity index (χ1v) is 8.91. The number of pyridine rings is 1. The maximum absolute atomic E-state index is 12.7. The Kier molecular flexibility index (Phi) is 4.17. The first-order chi connectivity index (χ1) is 12.1. The lowest BCUT2D eigenvalue weighted by molar-refractivity contribution is -0.117. The van der Waals surface area contributed by atoms with E-state index in [2.05, 4.69) is 15.3 Å². The number of carbonyl (C=O) groups excluding carboxylic acids is 1. The zero-order valence-electron chi connectivity index (χ0n) is 13.9. The Hall–Kier alpha value is -2.40. The highest BCUT2D eigenvalue weighted by atomic mass is 35.5. The average molecular weight is 355 g/mol. The number of amides is 1. The summed E-state index contributed by atoms with van der Waals surface area (Å²) in [4.78, 5) is 21.7. The maximum atomic E-state index is 12.7. The Balaban J connectivity index is 1.68. The summed E-state index contributed by atoms with van der Waals surface area (Å²) in [5.74, 6) is 0.225. The normalized spacial score (nSPS) is 15.8. The molecule has 0 radical (unpaired) electrons. The molecule has 1 unspecified atom stereocenters. The molecule has 1 aromatic carbocycles. The van der Waals surface area contributed by atoms with Gasteiger partial charge in [-0.05, 0) is 43.9 Å². The van der Waals surface area contributed by atoms with Crippen molar-refractivity contribution in [3.63, 3.8) is 0 Å². The molecule has 1 aliphatic carbocycles. The summed E-state index contributed by atoms with van der Waals surface area (Å²) in [7, 11) is 0. The molecule has 2 heterocycles. The summed E-state index contributed by atoms with van der Waals surface area (Å²) in [6, 6.07) is 13.6. The van der Waals surface area contributed by atoms with Crippen molar-refractivity contribution in [2.24, 2.45) is 0 Å². The lowest BCUT2D eigenvalue weighted by Gasteiger charge is -2.28. The average Bonchev–Trinajstić information content (AvgIpc) is 2.91. The number of imidazole rings is 1. The van der Waals surface area contributed by atoms with Gasteiger partial charge in [0.1, 0.15) is 10.7 Å². The van der Waals surface area contributed by atoms with Gasteiger partial charge in [-0.25, -0.2) is 9.97 Å². The van der Waals surface area contributed by atoms with E-state index >= 15 is 0 Å². The third-order valence-electron chi connectivity index (χ3n) is 4.87. The summed E-state index contributed by atoms with van der Waals surface area (Å²) in [6.45, 7) is 1.90. The fraction of sp³-hybridized carbons (Fsp3) is 0.316. The predicted octanol–water partition coefficient (Wildman–Crippen LogP) is 4.55. The lowest BCUT2D eigenvalue weighted by Crippen LogP contribution is -2.24. The number of aromatic nitrogens is 3. The van der Waals surface area contributed by atoms with Gasteiger partial charge in [-0.2, -0.15) is 0 Å². The summed E-state index contributed by atoms with van der Waals surface area (Å²) < 4.78 is 2.03. The molecule has 0 bridgehead atoms. The Bertz CT molecular complexity index is 918. The largest absolute Gasteiger partial charge is 0.295 e. The molecule has 5 nitrogen and oxygen atoms in total. The fourth-order valence-electron chi connectivity index (χ4n) is 3.14. The number of nitrogens with zero attached hydrogens (tertiary/aromatic N) is 3. The number of halogens is 1. The van der Waals surface area contributed by atoms with Crippen molar-refractivity contribution in [1.29, 1.82) is 0 Å². The van der Waals surface area contributed by atoms with Gasteiger partial charge in [-0.15, -0.1) is 0 Å². The highest BCUT2D eigenvalue weighted by molar-refractivity contribution is 6.29. The standard InChI is InChI=1S/C19H19ClN4O/c1-12(13-6-3-2-4-7-13)18(25)23-19-21-15-10-11-16(20)22-17(15)24(19)14-8-5-9-14/h2-4,6-7,10-12,14H,5,8-9H2,1H3,(H,21,23,25). The smallest absolute Gasteiger partial charge is 0.233 e. The molecule has 1 atom stereocenters. The number of hydrogen-bond donors (Lipinski definition) is 1. The fourth-order valence-corrected chi connectivity index (χ4v) is 3.28. The zero-order chi connectivity index (χ0) is 17.4. The van der Waals surface area contributed by atoms with Crippen LogP contribution < -0.4 is 5.32 Å². The SMILES string of the molecule is CC(C(=O)Nc1nc2ccc(Cl)nc2n1C1CCC1)c1ccccc1. The lowest BCUT2D eigenvalue weighted by atomic mass is 9.93. The van der Waals surface area contributed by atoms with E-state index in [4.69, 9.17) is 11.6 Å². The van der Waals surface area contributed by atoms with Crippen LogP contribution in [0.15, 0.2) is 42.5 Å². The van der Waals surface area contributed by atoms with Crippen LogP contribution >= 0.6 is 11.6 Å². The number of benzene rings is 1. The molecule has 0 saturated heterocycles. The van der Waals surface area contributed by atoms with Gasteiger partial charge >= 0.3 is 0 Å². The van der Waals surface area contributed by atoms with E-state index in [9.17, 15) is 4.79 Å². The van der Waals surface area contributed by atoms with E-state index in [1.807, 2.05) is 47.9 Å². The minimum absolute atomic E-state index is 0.0758. The van der Waals surface area contributed by atoms with Gasteiger partial charge in [-0.3, -0.25) is 14.7 Å². The van der Waals surface area contributed by atoms with Crippen LogP contribution in [-0.4, -0.2) is 20.4 Å². The van der Waals surface area contributed by atoms with Crippen LogP contribution in [0.25, 0.3) is 11.2 Å². The third-order valence-corrected chi connectivity index (χ3v) is 5.08. The Labute approximate surface area is 151 Å². The molecule has 25 heavy (non-hydrogen) atoms. The van der Waals surface area contributed by atoms with Crippen LogP contribution in [0.2, 0.25) is 5.15 Å². The van der Waals surface area contributed by atoms with Crippen LogP contribution in [0.3, 0.4) is 0 Å². The van der Waals surface area contributed by atoms with E-state index in [0.29, 0.717) is 17.1 Å². The molecule has 128 valence electrons. The number of hydrogen-bond acceptors (Lipinski definition) is 3. The summed E-state index contributed by atoms with van der Waals surface area (Å²) in [5, 5.41) is 3.43. The topological polar surface area (TPSA) is 59.8 Å². The summed E-state index contributed by atoms with van der Waals surface area (Å²) in [6.07, 6.45) is 3.31. The van der Waals surface area contributed by atoms with Gasteiger partial charge in [0.15, 0.2) is 5.65 Å². The molecule has 1 N–H and O–H groups in total. The molecule has 1 amide bonds. The van der Waals surface area contributed by atoms with Crippen LogP contribution in [0, 0.1) is 0 Å². The molecule has 1 saturated carbocycles. The van der Waals surface area contributed by atoms with Crippen molar-refractivity contribution >= 4 is 34.6 Å². The Morgan fingerprint density at radius 3 is 2.64 bits per heavy atom. The van der Waals surface area contributed by atoms with Crippen LogP contribution in [0.4, 0.5) is 5.95 Å². The van der Waals surface area contributed by atoms with Crippen molar-refractivity contribution in [2.75, 3.05) is 5.32 Å². The molecule has 4 rings (SSSR count). The highest BCUT2D eigenvalue weighted by Gasteiger charge is 2.27. The first-order valence-electron chi connectivity index (χ1n) is 8.54. The number of nitrogens with one attached hydrogen (secondary N) is 1. The van der Waals surface area contributed by atoms with Gasteiger partial charge in [0.05, 0.1) is 5.92 Å². The zero-order valence-corrected chi connectivity index (χ0v) is 14.7. The molecule has 1 fully saturated rings. The first kappa shape index (κ1) is 16.1. The third kappa shape index (κ3) is 3.00. The van der Waals surface area contributed by atoms with E-state index in [1.54, 1.807) is 6.07 Å². The number of rotatable bonds is 4. The van der Waals surface area contributed by atoms with Gasteiger partial charge in [0, 0.05) is 6.04 Å². The second-order valence-corrected chi connectivity index (χ2v) is 6.88. The van der Waals surface area contributed by atoms with E-state index in [-0.39, 0.29) is 11.8 Å². The van der Waals surface area contributed by atoms with Crippen molar-refractivity contribution < 1.29 is 4.79 Å². The van der Waals surface area contributed by atoms with E-state index in [0.717, 1.165) is 29.6 Å². The minimum atomic E-state index is -0.257. The molecule has 6 heteroatoms. The highest BCUT2D eigenvalue weighted by Crippen LogP contribution is 2.37. The van der Waals surface area contributed by atoms with E-state index in [1.165, 1.54) is 6.42 Å². The number of carbonyl (C=O) groups is 1. The minimum Gasteiger partial charge on any atom is -0.295 e. The maximum Gasteiger partial charge on any atom is 0.233 e. The van der Waals surface area contributed by atoms with Crippen molar-refractivity contribution in [3.05, 3.63) is 53.2 Å². The molecule has 3 aromatic rings. The summed E-state index contributed by atoms with van der Waals surface area (Å²) >= 11 is 6.06. The Morgan fingerprint density at radius 2 is 1.96 bits per heavy atom. The predicted molar refractivity (Wildman–Crippen MR) is 98.9 cm³/mol. The Morgan fingerprint density at radius 1 is 1.20 bits per heavy atom. The van der Waals surface area contributed by atoms with Gasteiger partial charge < -0.3 is 0 Å². The van der Waals surface area contributed by atoms with Crippen molar-refractivity contribution in [1.82, 2.24) is 14.5 Å². The van der Waals surface area contributed by atoms with Crippen molar-refractivity contribution in [3.8, 4) is 0 Å². The molecule has 2 aromatic heterocycles. The van der Waals surface area contributed by atoms with Gasteiger partial charge in [0.25, 0.3) is 0 Å². The molecular weight excluding hydrogens is 336 g/mol.